The van der Waals surface area contributed by atoms with Crippen molar-refractivity contribution in [2.75, 3.05) is 13.7 Å². The summed E-state index contributed by atoms with van der Waals surface area (Å²) in [7, 11) is 1.11. The Kier molecular flexibility index (Phi) is 9.17. The number of carbonyl (C=O) groups is 4. The van der Waals surface area contributed by atoms with Gasteiger partial charge in [0, 0.05) is 12.0 Å². The van der Waals surface area contributed by atoms with Crippen molar-refractivity contribution in [1.82, 2.24) is 0 Å². The van der Waals surface area contributed by atoms with E-state index in [-0.39, 0.29) is 17.6 Å². The molecule has 0 aromatic carbocycles. The minimum Gasteiger partial charge on any atom is -0.466 e. The van der Waals surface area contributed by atoms with Gasteiger partial charge in [-0.3, -0.25) is 9.59 Å². The van der Waals surface area contributed by atoms with Crippen LogP contribution in [0.2, 0.25) is 0 Å². The topological polar surface area (TPSA) is 146 Å². The van der Waals surface area contributed by atoms with E-state index in [0.29, 0.717) is 5.57 Å². The third kappa shape index (κ3) is 6.12. The number of hydrogen-bond donors (Lipinski definition) is 2. The van der Waals surface area contributed by atoms with Gasteiger partial charge in [-0.15, -0.1) is 0 Å². The second kappa shape index (κ2) is 11.4. The fraction of sp³-hybridized carbons (Fsp3) is 0.583. The highest BCUT2D eigenvalue weighted by molar-refractivity contribution is 5.93. The average molecular weight is 481 g/mol. The van der Waals surface area contributed by atoms with Gasteiger partial charge in [0.1, 0.15) is 6.10 Å². The molecule has 10 nitrogen and oxygen atoms in total. The SMILES string of the molecule is C=C1C(=O)O[C@H]2/C=C(/CO)C[C@@H](O)/C=C(/C(=O)OC)[C@@H](OC(=O)C(C)C)[C@@H](OC(=O)C(C)C)[C@H]12. The summed E-state index contributed by atoms with van der Waals surface area (Å²) >= 11 is 0. The van der Waals surface area contributed by atoms with Gasteiger partial charge in [0.15, 0.2) is 12.2 Å². The normalized spacial score (nSPS) is 30.4. The highest BCUT2D eigenvalue weighted by Crippen LogP contribution is 2.38. The van der Waals surface area contributed by atoms with Gasteiger partial charge < -0.3 is 29.2 Å². The Morgan fingerprint density at radius 2 is 1.71 bits per heavy atom. The Balaban J connectivity index is 2.79. The highest BCUT2D eigenvalue weighted by Gasteiger charge is 2.51. The second-order valence-electron chi connectivity index (χ2n) is 8.86. The van der Waals surface area contributed by atoms with E-state index in [4.69, 9.17) is 18.9 Å². The molecule has 0 unspecified atom stereocenters. The van der Waals surface area contributed by atoms with Crippen molar-refractivity contribution in [3.63, 3.8) is 0 Å². The molecular weight excluding hydrogens is 448 g/mol. The van der Waals surface area contributed by atoms with Crippen LogP contribution in [0, 0.1) is 17.8 Å². The summed E-state index contributed by atoms with van der Waals surface area (Å²) < 4.78 is 21.6. The maximum Gasteiger partial charge on any atom is 0.337 e. The van der Waals surface area contributed by atoms with Crippen LogP contribution in [0.15, 0.2) is 35.5 Å². The Hall–Kier alpha value is -2.98. The summed E-state index contributed by atoms with van der Waals surface area (Å²) in [6.45, 7) is 9.64. The van der Waals surface area contributed by atoms with Crippen LogP contribution in [0.1, 0.15) is 34.1 Å². The van der Waals surface area contributed by atoms with Crippen molar-refractivity contribution in [1.29, 1.82) is 0 Å². The summed E-state index contributed by atoms with van der Waals surface area (Å²) in [4.78, 5) is 50.5. The van der Waals surface area contributed by atoms with Gasteiger partial charge in [0.05, 0.1) is 43.1 Å². The molecule has 0 amide bonds. The number of methoxy groups -OCH3 is 1. The summed E-state index contributed by atoms with van der Waals surface area (Å²) in [5.74, 6) is -5.36. The molecule has 188 valence electrons. The van der Waals surface area contributed by atoms with Gasteiger partial charge >= 0.3 is 23.9 Å². The van der Waals surface area contributed by atoms with E-state index in [0.717, 1.165) is 13.2 Å². The van der Waals surface area contributed by atoms with Crippen LogP contribution in [0.5, 0.6) is 0 Å². The van der Waals surface area contributed by atoms with Crippen LogP contribution in [-0.2, 0) is 38.1 Å². The Labute approximate surface area is 198 Å². The van der Waals surface area contributed by atoms with E-state index < -0.39 is 72.7 Å². The van der Waals surface area contributed by atoms with Crippen LogP contribution >= 0.6 is 0 Å². The highest BCUT2D eigenvalue weighted by atomic mass is 16.6. The summed E-state index contributed by atoms with van der Waals surface area (Å²) in [5, 5.41) is 20.4. The molecule has 0 radical (unpaired) electrons. The summed E-state index contributed by atoms with van der Waals surface area (Å²) in [5.41, 5.74) is -0.0244. The third-order valence-electron chi connectivity index (χ3n) is 5.53. The lowest BCUT2D eigenvalue weighted by molar-refractivity contribution is -0.175. The monoisotopic (exact) mass is 480 g/mol. The third-order valence-corrected chi connectivity index (χ3v) is 5.53. The first-order chi connectivity index (χ1) is 15.9. The predicted molar refractivity (Wildman–Crippen MR) is 118 cm³/mol. The molecule has 2 N–H and O–H groups in total. The van der Waals surface area contributed by atoms with Gasteiger partial charge in [-0.25, -0.2) is 9.59 Å². The molecule has 0 aromatic heterocycles. The molecule has 1 aliphatic heterocycles. The zero-order valence-corrected chi connectivity index (χ0v) is 20.0. The number of aliphatic hydroxyl groups excluding tert-OH is 2. The zero-order chi connectivity index (χ0) is 25.7. The fourth-order valence-electron chi connectivity index (χ4n) is 3.64. The lowest BCUT2D eigenvalue weighted by Crippen LogP contribution is -2.47. The maximum atomic E-state index is 12.8. The van der Waals surface area contributed by atoms with E-state index in [2.05, 4.69) is 6.58 Å². The molecule has 1 fully saturated rings. The van der Waals surface area contributed by atoms with E-state index in [9.17, 15) is 29.4 Å². The minimum absolute atomic E-state index is 0.0592. The molecule has 0 aromatic rings. The molecule has 0 spiro atoms. The van der Waals surface area contributed by atoms with Crippen LogP contribution in [0.25, 0.3) is 0 Å². The predicted octanol–water partition coefficient (Wildman–Crippen LogP) is 1.00. The fourth-order valence-corrected chi connectivity index (χ4v) is 3.64. The molecule has 5 atom stereocenters. The number of hydrogen-bond acceptors (Lipinski definition) is 10. The molecule has 1 heterocycles. The summed E-state index contributed by atoms with van der Waals surface area (Å²) in [6, 6.07) is 0. The second-order valence-corrected chi connectivity index (χ2v) is 8.86. The molecule has 1 aliphatic carbocycles. The van der Waals surface area contributed by atoms with Gasteiger partial charge in [0.2, 0.25) is 0 Å². The van der Waals surface area contributed by atoms with Gasteiger partial charge in [-0.05, 0) is 17.7 Å². The zero-order valence-electron chi connectivity index (χ0n) is 20.0. The number of rotatable bonds is 6. The van der Waals surface area contributed by atoms with Crippen LogP contribution in [0.3, 0.4) is 0 Å². The van der Waals surface area contributed by atoms with Crippen molar-refractivity contribution >= 4 is 23.9 Å². The number of ether oxygens (including phenoxy) is 4. The number of aliphatic hydroxyl groups is 2. The first-order valence-corrected chi connectivity index (χ1v) is 11.0. The van der Waals surface area contributed by atoms with Crippen LogP contribution in [-0.4, -0.2) is 72.2 Å². The Morgan fingerprint density at radius 1 is 1.12 bits per heavy atom. The standard InChI is InChI=1S/C24H32O10/c1-11(2)21(27)33-19-16(24(30)31-6)9-15(26)7-14(10-25)8-17-18(13(5)23(29)32-17)20(19)34-22(28)12(3)4/h8-9,11-12,15,17-20,25-26H,5,7,10H2,1-4,6H3/b14-8+,16-9+/t15-,17+,18-,19-,20+/m1/s1. The van der Waals surface area contributed by atoms with Crippen molar-refractivity contribution in [2.45, 2.75) is 58.5 Å². The first kappa shape index (κ1) is 27.3. The molecule has 10 heteroatoms. The van der Waals surface area contributed by atoms with Crippen LogP contribution < -0.4 is 0 Å². The quantitative estimate of drug-likeness (QED) is 0.244. The van der Waals surface area contributed by atoms with Crippen LogP contribution in [0.4, 0.5) is 0 Å². The molecule has 0 saturated carbocycles. The smallest absolute Gasteiger partial charge is 0.337 e. The molecule has 2 rings (SSSR count). The lowest BCUT2D eigenvalue weighted by atomic mass is 9.83. The molecule has 1 saturated heterocycles. The van der Waals surface area contributed by atoms with Crippen molar-refractivity contribution in [3.05, 3.63) is 35.5 Å². The van der Waals surface area contributed by atoms with Gasteiger partial charge in [0.25, 0.3) is 0 Å². The molecule has 0 bridgehead atoms. The lowest BCUT2D eigenvalue weighted by Gasteiger charge is -2.34. The molecule has 2 aliphatic rings. The average Bonchev–Trinajstić information content (AvgIpc) is 3.05. The number of carbonyl (C=O) groups excluding carboxylic acids is 4. The summed E-state index contributed by atoms with van der Waals surface area (Å²) in [6.07, 6.45) is -2.85. The van der Waals surface area contributed by atoms with Gasteiger partial charge in [-0.1, -0.05) is 34.3 Å². The van der Waals surface area contributed by atoms with Crippen molar-refractivity contribution in [3.8, 4) is 0 Å². The number of fused-ring (bicyclic) bond motifs is 1. The van der Waals surface area contributed by atoms with E-state index >= 15 is 0 Å². The van der Waals surface area contributed by atoms with E-state index in [1.165, 1.54) is 6.08 Å². The van der Waals surface area contributed by atoms with Gasteiger partial charge in [-0.2, -0.15) is 0 Å². The Bertz CT molecular complexity index is 897. The first-order valence-electron chi connectivity index (χ1n) is 11.0. The van der Waals surface area contributed by atoms with Crippen molar-refractivity contribution < 1.29 is 48.3 Å². The molecule has 34 heavy (non-hydrogen) atoms. The van der Waals surface area contributed by atoms with Crippen molar-refractivity contribution in [2.24, 2.45) is 17.8 Å². The maximum absolute atomic E-state index is 12.8. The van der Waals surface area contributed by atoms with E-state index in [1.54, 1.807) is 27.7 Å². The number of esters is 4. The molecular formula is C24H32O10. The largest absolute Gasteiger partial charge is 0.466 e. The Morgan fingerprint density at radius 3 is 2.24 bits per heavy atom. The minimum atomic E-state index is -1.54. The van der Waals surface area contributed by atoms with E-state index in [1.807, 2.05) is 0 Å².